The van der Waals surface area contributed by atoms with Crippen molar-refractivity contribution >= 4 is 34.8 Å². The van der Waals surface area contributed by atoms with Crippen molar-refractivity contribution in [3.8, 4) is 11.5 Å². The Bertz CT molecular complexity index is 823. The maximum Gasteiger partial charge on any atom is 0.229 e. The van der Waals surface area contributed by atoms with Crippen LogP contribution in [0.2, 0.25) is 5.02 Å². The smallest absolute Gasteiger partial charge is 0.229 e. The van der Waals surface area contributed by atoms with E-state index in [1.807, 2.05) is 0 Å². The van der Waals surface area contributed by atoms with Crippen LogP contribution in [0.25, 0.3) is 0 Å². The topological polar surface area (TPSA) is 67.9 Å². The lowest BCUT2D eigenvalue weighted by Crippen LogP contribution is -2.28. The lowest BCUT2D eigenvalue weighted by atomic mass is 10.1. The first kappa shape index (κ1) is 18.1. The predicted octanol–water partition coefficient (Wildman–Crippen LogP) is 3.35. The van der Waals surface area contributed by atoms with E-state index in [9.17, 15) is 9.59 Å². The third-order valence-corrected chi connectivity index (χ3v) is 4.55. The Balaban J connectivity index is 1.71. The van der Waals surface area contributed by atoms with E-state index >= 15 is 0 Å². The van der Waals surface area contributed by atoms with Crippen LogP contribution in [0.5, 0.6) is 11.5 Å². The van der Waals surface area contributed by atoms with Crippen molar-refractivity contribution in [2.45, 2.75) is 6.42 Å². The summed E-state index contributed by atoms with van der Waals surface area (Å²) in [6.45, 7) is 0.324. The molecule has 0 radical (unpaired) electrons. The summed E-state index contributed by atoms with van der Waals surface area (Å²) < 4.78 is 10.4. The minimum Gasteiger partial charge on any atom is -0.497 e. The van der Waals surface area contributed by atoms with Gasteiger partial charge in [-0.3, -0.25) is 9.59 Å². The van der Waals surface area contributed by atoms with Crippen molar-refractivity contribution in [1.82, 2.24) is 0 Å². The number of nitrogens with one attached hydrogen (secondary N) is 1. The number of carbonyl (C=O) groups is 2. The molecule has 0 aliphatic carbocycles. The second kappa shape index (κ2) is 7.66. The molecule has 2 amide bonds. The van der Waals surface area contributed by atoms with Crippen LogP contribution >= 0.6 is 11.6 Å². The monoisotopic (exact) mass is 374 g/mol. The van der Waals surface area contributed by atoms with Gasteiger partial charge in [0.25, 0.3) is 0 Å². The molecular formula is C19H19ClN2O4. The number of amides is 2. The molecule has 3 rings (SSSR count). The van der Waals surface area contributed by atoms with Crippen molar-refractivity contribution in [2.75, 3.05) is 31.0 Å². The van der Waals surface area contributed by atoms with Gasteiger partial charge in [-0.2, -0.15) is 0 Å². The largest absolute Gasteiger partial charge is 0.497 e. The molecule has 2 aromatic rings. The third kappa shape index (κ3) is 3.75. The molecule has 1 fully saturated rings. The molecule has 1 heterocycles. The number of benzene rings is 2. The number of halogens is 1. The normalized spacial score (nSPS) is 16.5. The quantitative estimate of drug-likeness (QED) is 0.871. The molecule has 0 aromatic heterocycles. The van der Waals surface area contributed by atoms with E-state index in [1.54, 1.807) is 54.5 Å². The molecule has 0 bridgehead atoms. The molecule has 6 nitrogen and oxygen atoms in total. The Labute approximate surface area is 156 Å². The number of rotatable bonds is 5. The third-order valence-electron chi connectivity index (χ3n) is 4.30. The summed E-state index contributed by atoms with van der Waals surface area (Å²) in [4.78, 5) is 26.5. The van der Waals surface area contributed by atoms with Gasteiger partial charge < -0.3 is 19.7 Å². The molecule has 1 atom stereocenters. The number of nitrogens with zero attached hydrogens (tertiary/aromatic N) is 1. The number of anilines is 2. The summed E-state index contributed by atoms with van der Waals surface area (Å²) in [5.41, 5.74) is 1.27. The highest BCUT2D eigenvalue weighted by Gasteiger charge is 2.35. The van der Waals surface area contributed by atoms with Gasteiger partial charge in [-0.25, -0.2) is 0 Å². The summed E-state index contributed by atoms with van der Waals surface area (Å²) in [5, 5.41) is 3.44. The Hall–Kier alpha value is -2.73. The molecule has 26 heavy (non-hydrogen) atoms. The number of methoxy groups -OCH3 is 2. The minimum absolute atomic E-state index is 0.0887. The summed E-state index contributed by atoms with van der Waals surface area (Å²) >= 11 is 5.89. The zero-order chi connectivity index (χ0) is 18.7. The fourth-order valence-corrected chi connectivity index (χ4v) is 3.02. The van der Waals surface area contributed by atoms with Crippen LogP contribution in [-0.2, 0) is 9.59 Å². The van der Waals surface area contributed by atoms with E-state index in [1.165, 1.54) is 7.11 Å². The van der Waals surface area contributed by atoms with Gasteiger partial charge >= 0.3 is 0 Å². The Morgan fingerprint density at radius 2 is 1.88 bits per heavy atom. The first-order valence-electron chi connectivity index (χ1n) is 8.10. The molecule has 1 N–H and O–H groups in total. The molecule has 0 saturated carbocycles. The highest BCUT2D eigenvalue weighted by atomic mass is 35.5. The van der Waals surface area contributed by atoms with Gasteiger partial charge in [0.15, 0.2) is 0 Å². The summed E-state index contributed by atoms with van der Waals surface area (Å²) in [7, 11) is 3.08. The van der Waals surface area contributed by atoms with E-state index in [-0.39, 0.29) is 18.2 Å². The molecule has 2 aromatic carbocycles. The van der Waals surface area contributed by atoms with E-state index in [0.29, 0.717) is 28.8 Å². The van der Waals surface area contributed by atoms with Gasteiger partial charge in [-0.05, 0) is 36.4 Å². The van der Waals surface area contributed by atoms with Crippen molar-refractivity contribution < 1.29 is 19.1 Å². The van der Waals surface area contributed by atoms with Gasteiger partial charge in [0, 0.05) is 29.7 Å². The molecule has 136 valence electrons. The SMILES string of the molecule is COc1ccc(NC(=O)[C@@H]2CC(=O)N(c3ccc(Cl)cc3)C2)c(OC)c1. The Kier molecular flexibility index (Phi) is 5.32. The van der Waals surface area contributed by atoms with Gasteiger partial charge in [0.05, 0.1) is 25.8 Å². The maximum absolute atomic E-state index is 12.6. The second-order valence-electron chi connectivity index (χ2n) is 5.94. The number of hydrogen-bond donors (Lipinski definition) is 1. The van der Waals surface area contributed by atoms with Crippen LogP contribution in [0, 0.1) is 5.92 Å². The maximum atomic E-state index is 12.6. The summed E-state index contributed by atoms with van der Waals surface area (Å²) in [6.07, 6.45) is 0.160. The Morgan fingerprint density at radius 1 is 1.15 bits per heavy atom. The van der Waals surface area contributed by atoms with Crippen LogP contribution in [0.3, 0.4) is 0 Å². The molecule has 1 saturated heterocycles. The zero-order valence-electron chi connectivity index (χ0n) is 14.5. The lowest BCUT2D eigenvalue weighted by Gasteiger charge is -2.17. The highest BCUT2D eigenvalue weighted by molar-refractivity contribution is 6.30. The average molecular weight is 375 g/mol. The molecule has 0 spiro atoms. The van der Waals surface area contributed by atoms with Gasteiger partial charge in [-0.15, -0.1) is 0 Å². The average Bonchev–Trinajstić information content (AvgIpc) is 3.04. The summed E-state index contributed by atoms with van der Waals surface area (Å²) in [5.74, 6) is 0.374. The molecule has 1 aliphatic heterocycles. The zero-order valence-corrected chi connectivity index (χ0v) is 15.2. The first-order chi connectivity index (χ1) is 12.5. The second-order valence-corrected chi connectivity index (χ2v) is 6.37. The van der Waals surface area contributed by atoms with Crippen LogP contribution in [0.4, 0.5) is 11.4 Å². The van der Waals surface area contributed by atoms with Crippen LogP contribution < -0.4 is 19.7 Å². The number of carbonyl (C=O) groups excluding carboxylic acids is 2. The van der Waals surface area contributed by atoms with E-state index < -0.39 is 5.92 Å². The van der Waals surface area contributed by atoms with Crippen molar-refractivity contribution in [3.63, 3.8) is 0 Å². The molecule has 1 aliphatic rings. The van der Waals surface area contributed by atoms with E-state index in [4.69, 9.17) is 21.1 Å². The Morgan fingerprint density at radius 3 is 2.54 bits per heavy atom. The van der Waals surface area contributed by atoms with Crippen LogP contribution in [0.1, 0.15) is 6.42 Å². The molecular weight excluding hydrogens is 356 g/mol. The first-order valence-corrected chi connectivity index (χ1v) is 8.48. The van der Waals surface area contributed by atoms with Gasteiger partial charge in [0.1, 0.15) is 11.5 Å². The van der Waals surface area contributed by atoms with E-state index in [2.05, 4.69) is 5.32 Å². The fraction of sp³-hybridized carbons (Fsp3) is 0.263. The van der Waals surface area contributed by atoms with Crippen molar-refractivity contribution in [3.05, 3.63) is 47.5 Å². The van der Waals surface area contributed by atoms with Gasteiger partial charge in [0.2, 0.25) is 11.8 Å². The van der Waals surface area contributed by atoms with Gasteiger partial charge in [-0.1, -0.05) is 11.6 Å². The lowest BCUT2D eigenvalue weighted by molar-refractivity contribution is -0.122. The predicted molar refractivity (Wildman–Crippen MR) is 100 cm³/mol. The fourth-order valence-electron chi connectivity index (χ4n) is 2.89. The van der Waals surface area contributed by atoms with Crippen LogP contribution in [0.15, 0.2) is 42.5 Å². The number of ether oxygens (including phenoxy) is 2. The highest BCUT2D eigenvalue weighted by Crippen LogP contribution is 2.31. The van der Waals surface area contributed by atoms with Crippen LogP contribution in [-0.4, -0.2) is 32.6 Å². The number of hydrogen-bond acceptors (Lipinski definition) is 4. The van der Waals surface area contributed by atoms with Crippen molar-refractivity contribution in [1.29, 1.82) is 0 Å². The molecule has 0 unspecified atom stereocenters. The minimum atomic E-state index is -0.440. The van der Waals surface area contributed by atoms with Crippen molar-refractivity contribution in [2.24, 2.45) is 5.92 Å². The van der Waals surface area contributed by atoms with E-state index in [0.717, 1.165) is 5.69 Å². The molecule has 7 heteroatoms. The standard InChI is InChI=1S/C19H19ClN2O4/c1-25-15-7-8-16(17(10-15)26-2)21-19(24)12-9-18(23)22(11-12)14-5-3-13(20)4-6-14/h3-8,10,12H,9,11H2,1-2H3,(H,21,24)/t12-/m1/s1. The summed E-state index contributed by atoms with van der Waals surface area (Å²) in [6, 6.07) is 12.1.